The zero-order valence-corrected chi connectivity index (χ0v) is 17.4. The highest BCUT2D eigenvalue weighted by Crippen LogP contribution is 2.26. The van der Waals surface area contributed by atoms with Crippen LogP contribution in [0.15, 0.2) is 46.5 Å². The molecule has 1 aliphatic rings. The van der Waals surface area contributed by atoms with Gasteiger partial charge in [-0.3, -0.25) is 9.59 Å². The van der Waals surface area contributed by atoms with Crippen molar-refractivity contribution in [2.75, 3.05) is 31.6 Å². The second kappa shape index (κ2) is 9.30. The summed E-state index contributed by atoms with van der Waals surface area (Å²) >= 11 is 3.18. The molecule has 0 saturated carbocycles. The quantitative estimate of drug-likeness (QED) is 0.654. The summed E-state index contributed by atoms with van der Waals surface area (Å²) in [6, 6.07) is 9.45. The first kappa shape index (κ1) is 19.8. The van der Waals surface area contributed by atoms with Crippen LogP contribution in [0.4, 0.5) is 5.69 Å². The number of carbonyl (C=O) groups is 2. The van der Waals surface area contributed by atoms with Crippen molar-refractivity contribution in [2.24, 2.45) is 0 Å². The van der Waals surface area contributed by atoms with Gasteiger partial charge < -0.3 is 15.0 Å². The molecule has 3 heterocycles. The van der Waals surface area contributed by atoms with Crippen molar-refractivity contribution in [1.82, 2.24) is 9.88 Å². The molecule has 2 aromatic heterocycles. The van der Waals surface area contributed by atoms with Crippen molar-refractivity contribution in [1.29, 1.82) is 0 Å². The summed E-state index contributed by atoms with van der Waals surface area (Å²) < 4.78 is 5.28. The van der Waals surface area contributed by atoms with Crippen molar-refractivity contribution in [3.8, 4) is 10.6 Å². The van der Waals surface area contributed by atoms with E-state index in [4.69, 9.17) is 4.74 Å². The van der Waals surface area contributed by atoms with Gasteiger partial charge in [0.15, 0.2) is 0 Å². The van der Waals surface area contributed by atoms with Gasteiger partial charge >= 0.3 is 0 Å². The summed E-state index contributed by atoms with van der Waals surface area (Å²) in [5, 5.41) is 9.82. The van der Waals surface area contributed by atoms with Crippen molar-refractivity contribution in [3.63, 3.8) is 0 Å². The summed E-state index contributed by atoms with van der Waals surface area (Å²) in [4.78, 5) is 31.0. The Morgan fingerprint density at radius 1 is 1.07 bits per heavy atom. The van der Waals surface area contributed by atoms with Crippen molar-refractivity contribution >= 4 is 40.2 Å². The third-order valence-electron chi connectivity index (χ3n) is 4.62. The zero-order chi connectivity index (χ0) is 20.1. The summed E-state index contributed by atoms with van der Waals surface area (Å²) in [5.74, 6) is -0.000596. The van der Waals surface area contributed by atoms with E-state index in [0.717, 1.165) is 21.8 Å². The fourth-order valence-corrected chi connectivity index (χ4v) is 4.61. The van der Waals surface area contributed by atoms with E-state index in [1.54, 1.807) is 22.7 Å². The predicted molar refractivity (Wildman–Crippen MR) is 115 cm³/mol. The molecule has 0 radical (unpaired) electrons. The average Bonchev–Trinajstić information content (AvgIpc) is 3.42. The molecule has 4 rings (SSSR count). The highest BCUT2D eigenvalue weighted by atomic mass is 32.1. The molecule has 150 valence electrons. The Labute approximate surface area is 177 Å². The first-order chi connectivity index (χ1) is 14.2. The van der Waals surface area contributed by atoms with Gasteiger partial charge in [0.25, 0.3) is 0 Å². The largest absolute Gasteiger partial charge is 0.378 e. The van der Waals surface area contributed by atoms with Crippen LogP contribution in [-0.2, 0) is 27.2 Å². The summed E-state index contributed by atoms with van der Waals surface area (Å²) in [6.07, 6.45) is 0.594. The van der Waals surface area contributed by atoms with Gasteiger partial charge in [-0.15, -0.1) is 11.3 Å². The van der Waals surface area contributed by atoms with Gasteiger partial charge in [-0.05, 0) is 29.1 Å². The standard InChI is InChI=1S/C21H21N3O3S2/c25-19(12-18-14-29-21(23-18)16-5-10-28-13-16)22-17-3-1-15(2-4-17)11-20(26)24-6-8-27-9-7-24/h1-5,10,13-14H,6-9,11-12H2,(H,22,25). The van der Waals surface area contributed by atoms with Gasteiger partial charge in [0.2, 0.25) is 11.8 Å². The smallest absolute Gasteiger partial charge is 0.230 e. The maximum Gasteiger partial charge on any atom is 0.230 e. The minimum Gasteiger partial charge on any atom is -0.378 e. The van der Waals surface area contributed by atoms with E-state index in [1.165, 1.54) is 0 Å². The molecule has 1 fully saturated rings. The molecule has 0 atom stereocenters. The molecule has 3 aromatic rings. The van der Waals surface area contributed by atoms with E-state index in [1.807, 2.05) is 51.4 Å². The lowest BCUT2D eigenvalue weighted by molar-refractivity contribution is -0.134. The molecule has 0 spiro atoms. The van der Waals surface area contributed by atoms with E-state index < -0.39 is 0 Å². The lowest BCUT2D eigenvalue weighted by Gasteiger charge is -2.26. The Kier molecular flexibility index (Phi) is 6.33. The first-order valence-electron chi connectivity index (χ1n) is 9.39. The number of anilines is 1. The highest BCUT2D eigenvalue weighted by molar-refractivity contribution is 7.14. The second-order valence-electron chi connectivity index (χ2n) is 6.75. The summed E-state index contributed by atoms with van der Waals surface area (Å²) in [7, 11) is 0. The van der Waals surface area contributed by atoms with Gasteiger partial charge in [-0.2, -0.15) is 11.3 Å². The molecule has 8 heteroatoms. The normalized spacial score (nSPS) is 14.0. The van der Waals surface area contributed by atoms with Crippen LogP contribution in [0.25, 0.3) is 10.6 Å². The maximum atomic E-state index is 12.3. The monoisotopic (exact) mass is 427 g/mol. The maximum absolute atomic E-state index is 12.3. The molecule has 1 N–H and O–H groups in total. The van der Waals surface area contributed by atoms with Gasteiger partial charge in [-0.25, -0.2) is 4.98 Å². The summed E-state index contributed by atoms with van der Waals surface area (Å²) in [5.41, 5.74) is 3.50. The van der Waals surface area contributed by atoms with Gasteiger partial charge in [0, 0.05) is 35.1 Å². The molecule has 1 saturated heterocycles. The van der Waals surface area contributed by atoms with Gasteiger partial charge in [0.05, 0.1) is 31.7 Å². The highest BCUT2D eigenvalue weighted by Gasteiger charge is 2.17. The summed E-state index contributed by atoms with van der Waals surface area (Å²) in [6.45, 7) is 2.50. The number of amides is 2. The van der Waals surface area contributed by atoms with Crippen LogP contribution in [-0.4, -0.2) is 48.0 Å². The van der Waals surface area contributed by atoms with E-state index >= 15 is 0 Å². The number of benzene rings is 1. The third kappa shape index (κ3) is 5.29. The van der Waals surface area contributed by atoms with Crippen molar-refractivity contribution in [3.05, 3.63) is 57.7 Å². The molecule has 1 aromatic carbocycles. The number of ether oxygens (including phenoxy) is 1. The van der Waals surface area contributed by atoms with Crippen LogP contribution in [0.3, 0.4) is 0 Å². The molecule has 0 aliphatic carbocycles. The molecule has 6 nitrogen and oxygen atoms in total. The van der Waals surface area contributed by atoms with E-state index in [2.05, 4.69) is 10.3 Å². The van der Waals surface area contributed by atoms with Crippen molar-refractivity contribution in [2.45, 2.75) is 12.8 Å². The molecule has 0 bridgehead atoms. The van der Waals surface area contributed by atoms with Gasteiger partial charge in [0.1, 0.15) is 5.01 Å². The SMILES string of the molecule is O=C(Cc1csc(-c2ccsc2)n1)Nc1ccc(CC(=O)N2CCOCC2)cc1. The fourth-order valence-electron chi connectivity index (χ4n) is 3.08. The number of hydrogen-bond donors (Lipinski definition) is 1. The minimum atomic E-state index is -0.107. The Hall–Kier alpha value is -2.55. The van der Waals surface area contributed by atoms with Crippen LogP contribution in [0.5, 0.6) is 0 Å². The van der Waals surface area contributed by atoms with Crippen LogP contribution in [0.1, 0.15) is 11.3 Å². The Bertz CT molecular complexity index is 961. The number of carbonyl (C=O) groups excluding carboxylic acids is 2. The Morgan fingerprint density at radius 2 is 1.86 bits per heavy atom. The fraction of sp³-hybridized carbons (Fsp3) is 0.286. The number of morpholine rings is 1. The number of nitrogens with one attached hydrogen (secondary N) is 1. The second-order valence-corrected chi connectivity index (χ2v) is 8.39. The number of aromatic nitrogens is 1. The minimum absolute atomic E-state index is 0.107. The molecule has 29 heavy (non-hydrogen) atoms. The molecule has 0 unspecified atom stereocenters. The number of thiazole rings is 1. The van der Waals surface area contributed by atoms with Crippen LogP contribution >= 0.6 is 22.7 Å². The Balaban J connectivity index is 1.29. The molecular formula is C21H21N3O3S2. The molecular weight excluding hydrogens is 406 g/mol. The topological polar surface area (TPSA) is 71.5 Å². The number of rotatable bonds is 6. The van der Waals surface area contributed by atoms with Crippen LogP contribution < -0.4 is 5.32 Å². The lowest BCUT2D eigenvalue weighted by Crippen LogP contribution is -2.41. The van der Waals surface area contributed by atoms with E-state index in [9.17, 15) is 9.59 Å². The lowest BCUT2D eigenvalue weighted by atomic mass is 10.1. The van der Waals surface area contributed by atoms with Crippen LogP contribution in [0.2, 0.25) is 0 Å². The van der Waals surface area contributed by atoms with E-state index in [-0.39, 0.29) is 18.2 Å². The number of hydrogen-bond acceptors (Lipinski definition) is 6. The Morgan fingerprint density at radius 3 is 2.59 bits per heavy atom. The number of thiophene rings is 1. The van der Waals surface area contributed by atoms with E-state index in [0.29, 0.717) is 38.4 Å². The number of nitrogens with zero attached hydrogens (tertiary/aromatic N) is 2. The van der Waals surface area contributed by atoms with Gasteiger partial charge in [-0.1, -0.05) is 12.1 Å². The van der Waals surface area contributed by atoms with Crippen molar-refractivity contribution < 1.29 is 14.3 Å². The first-order valence-corrected chi connectivity index (χ1v) is 11.2. The average molecular weight is 428 g/mol. The zero-order valence-electron chi connectivity index (χ0n) is 15.8. The van der Waals surface area contributed by atoms with Crippen LogP contribution in [0, 0.1) is 0 Å². The third-order valence-corrected chi connectivity index (χ3v) is 6.24. The predicted octanol–water partition coefficient (Wildman–Crippen LogP) is 3.45. The molecule has 2 amide bonds. The molecule has 1 aliphatic heterocycles.